The first-order chi connectivity index (χ1) is 12.9. The van der Waals surface area contributed by atoms with Gasteiger partial charge in [-0.1, -0.05) is 12.1 Å². The number of carbonyl (C=O) groups excluding carboxylic acids is 1. The fraction of sp³-hybridized carbons (Fsp3) is 0.278. The lowest BCUT2D eigenvalue weighted by Crippen LogP contribution is -2.35. The lowest BCUT2D eigenvalue weighted by molar-refractivity contribution is -0.139. The van der Waals surface area contributed by atoms with Gasteiger partial charge in [0.25, 0.3) is 5.56 Å². The second-order valence-electron chi connectivity index (χ2n) is 5.98. The number of halogens is 3. The van der Waals surface area contributed by atoms with Crippen LogP contribution in [-0.2, 0) is 24.1 Å². The summed E-state index contributed by atoms with van der Waals surface area (Å²) in [5.74, 6) is -0.521. The Balaban J connectivity index is 1.53. The number of aryl methyl sites for hydroxylation is 1. The van der Waals surface area contributed by atoms with Crippen molar-refractivity contribution in [1.29, 1.82) is 0 Å². The lowest BCUT2D eigenvalue weighted by atomic mass is 10.2. The summed E-state index contributed by atoms with van der Waals surface area (Å²) >= 11 is 0. The van der Waals surface area contributed by atoms with Crippen LogP contribution in [0.15, 0.2) is 53.7 Å². The van der Waals surface area contributed by atoms with Crippen molar-refractivity contribution >= 4 is 16.9 Å². The summed E-state index contributed by atoms with van der Waals surface area (Å²) < 4.78 is 40.9. The number of imidazole rings is 1. The van der Waals surface area contributed by atoms with Crippen LogP contribution in [0.3, 0.4) is 0 Å². The van der Waals surface area contributed by atoms with E-state index in [2.05, 4.69) is 10.3 Å². The molecule has 9 heteroatoms. The Kier molecular flexibility index (Phi) is 5.29. The van der Waals surface area contributed by atoms with Crippen LogP contribution in [0.1, 0.15) is 12.0 Å². The predicted octanol–water partition coefficient (Wildman–Crippen LogP) is 2.42. The van der Waals surface area contributed by atoms with Gasteiger partial charge >= 0.3 is 6.18 Å². The maximum atomic E-state index is 12.7. The summed E-state index contributed by atoms with van der Waals surface area (Å²) in [7, 11) is 0. The zero-order valence-electron chi connectivity index (χ0n) is 14.2. The summed E-state index contributed by atoms with van der Waals surface area (Å²) in [6.07, 6.45) is -1.25. The molecule has 0 spiro atoms. The molecule has 2 aromatic heterocycles. The Labute approximate surface area is 152 Å². The van der Waals surface area contributed by atoms with Crippen molar-refractivity contribution < 1.29 is 18.0 Å². The van der Waals surface area contributed by atoms with Gasteiger partial charge in [0.2, 0.25) is 5.91 Å². The maximum absolute atomic E-state index is 12.7. The third-order valence-electron chi connectivity index (χ3n) is 4.06. The number of hydrogen-bond acceptors (Lipinski definition) is 3. The third kappa shape index (κ3) is 4.36. The number of para-hydroxylation sites is 2. The van der Waals surface area contributed by atoms with Gasteiger partial charge in [-0.2, -0.15) is 13.2 Å². The maximum Gasteiger partial charge on any atom is 0.421 e. The Morgan fingerprint density at radius 3 is 2.67 bits per heavy atom. The fourth-order valence-corrected chi connectivity index (χ4v) is 2.75. The summed E-state index contributed by atoms with van der Waals surface area (Å²) in [5, 5.41) is 2.61. The zero-order valence-corrected chi connectivity index (χ0v) is 14.2. The molecule has 1 aromatic carbocycles. The molecular formula is C18H17F3N4O2. The fourth-order valence-electron chi connectivity index (χ4n) is 2.75. The molecule has 0 radical (unpaired) electrons. The van der Waals surface area contributed by atoms with Gasteiger partial charge < -0.3 is 14.5 Å². The minimum absolute atomic E-state index is 0.332. The highest BCUT2D eigenvalue weighted by atomic mass is 19.4. The van der Waals surface area contributed by atoms with Crippen LogP contribution >= 0.6 is 0 Å². The van der Waals surface area contributed by atoms with Crippen LogP contribution in [0.25, 0.3) is 11.0 Å². The molecule has 0 aliphatic rings. The molecule has 0 saturated heterocycles. The quantitative estimate of drug-likeness (QED) is 0.670. The van der Waals surface area contributed by atoms with E-state index in [1.54, 1.807) is 6.33 Å². The number of benzene rings is 1. The molecule has 142 valence electrons. The van der Waals surface area contributed by atoms with Crippen LogP contribution in [0, 0.1) is 0 Å². The van der Waals surface area contributed by atoms with Crippen LogP contribution < -0.4 is 10.9 Å². The number of aromatic nitrogens is 3. The molecule has 6 nitrogen and oxygen atoms in total. The minimum Gasteiger partial charge on any atom is -0.354 e. The van der Waals surface area contributed by atoms with Crippen molar-refractivity contribution in [2.75, 3.05) is 6.54 Å². The van der Waals surface area contributed by atoms with Gasteiger partial charge in [-0.25, -0.2) is 4.98 Å². The van der Waals surface area contributed by atoms with E-state index in [0.29, 0.717) is 25.6 Å². The monoisotopic (exact) mass is 378 g/mol. The lowest BCUT2D eigenvalue weighted by Gasteiger charge is -2.11. The normalized spacial score (nSPS) is 11.7. The molecule has 0 bridgehead atoms. The van der Waals surface area contributed by atoms with E-state index in [9.17, 15) is 22.8 Å². The number of nitrogens with zero attached hydrogens (tertiary/aromatic N) is 3. The molecule has 27 heavy (non-hydrogen) atoms. The van der Waals surface area contributed by atoms with E-state index in [1.807, 2.05) is 28.8 Å². The Morgan fingerprint density at radius 2 is 1.89 bits per heavy atom. The van der Waals surface area contributed by atoms with Crippen LogP contribution in [0.5, 0.6) is 0 Å². The summed E-state index contributed by atoms with van der Waals surface area (Å²) in [6.45, 7) is 0.500. The Morgan fingerprint density at radius 1 is 1.11 bits per heavy atom. The van der Waals surface area contributed by atoms with Crippen molar-refractivity contribution in [2.24, 2.45) is 0 Å². The van der Waals surface area contributed by atoms with E-state index < -0.39 is 29.8 Å². The molecule has 2 heterocycles. The molecule has 1 amide bonds. The van der Waals surface area contributed by atoms with Crippen molar-refractivity contribution in [2.45, 2.75) is 25.7 Å². The standard InChI is InChI=1S/C18H17F3N4O2/c19-18(20,21)13-5-3-9-24(17(13)27)11-16(26)22-8-4-10-25-12-23-14-6-1-2-7-15(14)25/h1-3,5-7,9,12H,4,8,10-11H2,(H,22,26). The molecule has 0 fully saturated rings. The average molecular weight is 378 g/mol. The summed E-state index contributed by atoms with van der Waals surface area (Å²) in [4.78, 5) is 28.0. The van der Waals surface area contributed by atoms with Crippen LogP contribution in [0.2, 0.25) is 0 Å². The molecule has 3 aromatic rings. The number of amides is 1. The van der Waals surface area contributed by atoms with Gasteiger partial charge in [-0.3, -0.25) is 9.59 Å². The summed E-state index contributed by atoms with van der Waals surface area (Å²) in [5.41, 5.74) is -0.653. The number of rotatable bonds is 6. The summed E-state index contributed by atoms with van der Waals surface area (Å²) in [6, 6.07) is 9.46. The molecule has 1 N–H and O–H groups in total. The van der Waals surface area contributed by atoms with Crippen molar-refractivity contribution in [3.63, 3.8) is 0 Å². The van der Waals surface area contributed by atoms with Gasteiger partial charge in [-0.15, -0.1) is 0 Å². The first-order valence-electron chi connectivity index (χ1n) is 8.29. The van der Waals surface area contributed by atoms with Crippen LogP contribution in [-0.4, -0.2) is 26.6 Å². The highest BCUT2D eigenvalue weighted by Gasteiger charge is 2.34. The molecular weight excluding hydrogens is 361 g/mol. The van der Waals surface area contributed by atoms with Crippen molar-refractivity contribution in [1.82, 2.24) is 19.4 Å². The van der Waals surface area contributed by atoms with Gasteiger partial charge in [-0.05, 0) is 30.7 Å². The molecule has 3 rings (SSSR count). The zero-order chi connectivity index (χ0) is 19.4. The number of pyridine rings is 1. The van der Waals surface area contributed by atoms with Crippen molar-refractivity contribution in [3.8, 4) is 0 Å². The highest BCUT2D eigenvalue weighted by molar-refractivity contribution is 5.76. The number of fused-ring (bicyclic) bond motifs is 1. The molecule has 0 atom stereocenters. The van der Waals surface area contributed by atoms with Gasteiger partial charge in [0.1, 0.15) is 12.1 Å². The second kappa shape index (κ2) is 7.65. The van der Waals surface area contributed by atoms with Gasteiger partial charge in [0.05, 0.1) is 17.4 Å². The SMILES string of the molecule is O=C(Cn1cccc(C(F)(F)F)c1=O)NCCCn1cnc2ccccc21. The van der Waals surface area contributed by atoms with Gasteiger partial charge in [0, 0.05) is 19.3 Å². The highest BCUT2D eigenvalue weighted by Crippen LogP contribution is 2.25. The smallest absolute Gasteiger partial charge is 0.354 e. The number of carbonyl (C=O) groups is 1. The molecule has 0 aliphatic carbocycles. The molecule has 0 aliphatic heterocycles. The van der Waals surface area contributed by atoms with Crippen molar-refractivity contribution in [3.05, 3.63) is 64.8 Å². The number of nitrogens with one attached hydrogen (secondary N) is 1. The van der Waals surface area contributed by atoms with E-state index in [0.717, 1.165) is 27.9 Å². The van der Waals surface area contributed by atoms with E-state index in [1.165, 1.54) is 0 Å². The molecule has 0 saturated carbocycles. The number of hydrogen-bond donors (Lipinski definition) is 1. The predicted molar refractivity (Wildman–Crippen MR) is 93.1 cm³/mol. The van der Waals surface area contributed by atoms with E-state index in [4.69, 9.17) is 0 Å². The Bertz CT molecular complexity index is 1010. The minimum atomic E-state index is -4.75. The third-order valence-corrected chi connectivity index (χ3v) is 4.06. The topological polar surface area (TPSA) is 68.9 Å². The first-order valence-corrected chi connectivity index (χ1v) is 8.29. The average Bonchev–Trinajstić information content (AvgIpc) is 3.03. The largest absolute Gasteiger partial charge is 0.421 e. The van der Waals surface area contributed by atoms with Gasteiger partial charge in [0.15, 0.2) is 0 Å². The second-order valence-corrected chi connectivity index (χ2v) is 5.98. The molecule has 0 unspecified atom stereocenters. The number of alkyl halides is 3. The van der Waals surface area contributed by atoms with Crippen LogP contribution in [0.4, 0.5) is 13.2 Å². The Hall–Kier alpha value is -3.10. The van der Waals surface area contributed by atoms with E-state index in [-0.39, 0.29) is 0 Å². The van der Waals surface area contributed by atoms with E-state index >= 15 is 0 Å². The first kappa shape index (κ1) is 18.7.